The molecule has 1 aliphatic heterocycles. The Bertz CT molecular complexity index is 372. The summed E-state index contributed by atoms with van der Waals surface area (Å²) in [6.07, 6.45) is 0.513. The van der Waals surface area contributed by atoms with E-state index in [4.69, 9.17) is 10.5 Å². The number of nitrogens with zero attached hydrogens (tertiary/aromatic N) is 1. The molecular weight excluding hydrogens is 219 g/mol. The van der Waals surface area contributed by atoms with Crippen molar-refractivity contribution in [3.8, 4) is 0 Å². The van der Waals surface area contributed by atoms with E-state index >= 15 is 0 Å². The zero-order valence-corrected chi connectivity index (χ0v) is 10.1. The van der Waals surface area contributed by atoms with E-state index in [0.29, 0.717) is 18.6 Å². The monoisotopic (exact) mass is 238 g/mol. The number of rotatable bonds is 3. The second-order valence-corrected chi connectivity index (χ2v) is 4.63. The first-order valence-electron chi connectivity index (χ1n) is 5.96. The maximum atomic E-state index is 13.5. The first-order chi connectivity index (χ1) is 8.16. The van der Waals surface area contributed by atoms with Gasteiger partial charge in [-0.1, -0.05) is 18.2 Å². The van der Waals surface area contributed by atoms with Crippen molar-refractivity contribution in [2.45, 2.75) is 18.6 Å². The lowest BCUT2D eigenvalue weighted by atomic mass is 10.0. The fourth-order valence-corrected chi connectivity index (χ4v) is 2.12. The molecule has 17 heavy (non-hydrogen) atoms. The lowest BCUT2D eigenvalue weighted by Crippen LogP contribution is -2.50. The van der Waals surface area contributed by atoms with Crippen LogP contribution in [0.2, 0.25) is 0 Å². The minimum atomic E-state index is -0.188. The highest BCUT2D eigenvalue weighted by atomic mass is 19.1. The van der Waals surface area contributed by atoms with Gasteiger partial charge in [-0.05, 0) is 25.1 Å². The van der Waals surface area contributed by atoms with Crippen molar-refractivity contribution < 1.29 is 9.13 Å². The molecule has 4 heteroatoms. The first kappa shape index (κ1) is 12.5. The molecule has 2 N–H and O–H groups in total. The zero-order chi connectivity index (χ0) is 12.3. The average molecular weight is 238 g/mol. The van der Waals surface area contributed by atoms with E-state index in [1.807, 2.05) is 13.1 Å². The maximum Gasteiger partial charge on any atom is 0.126 e. The summed E-state index contributed by atoms with van der Waals surface area (Å²) < 4.78 is 19.1. The summed E-state index contributed by atoms with van der Waals surface area (Å²) in [5.74, 6) is -0.188. The molecule has 1 aromatic carbocycles. The molecule has 2 atom stereocenters. The summed E-state index contributed by atoms with van der Waals surface area (Å²) >= 11 is 0. The Balaban J connectivity index is 1.96. The van der Waals surface area contributed by atoms with Gasteiger partial charge in [0.25, 0.3) is 0 Å². The average Bonchev–Trinajstić information content (AvgIpc) is 2.32. The number of hydrogen-bond acceptors (Lipinski definition) is 3. The minimum absolute atomic E-state index is 0.00615. The van der Waals surface area contributed by atoms with E-state index in [-0.39, 0.29) is 18.0 Å². The summed E-state index contributed by atoms with van der Waals surface area (Å²) in [6, 6.07) is 6.61. The molecule has 0 amide bonds. The van der Waals surface area contributed by atoms with Crippen molar-refractivity contribution in [3.05, 3.63) is 35.6 Å². The van der Waals surface area contributed by atoms with Crippen LogP contribution < -0.4 is 5.73 Å². The van der Waals surface area contributed by atoms with Crippen molar-refractivity contribution in [3.63, 3.8) is 0 Å². The lowest BCUT2D eigenvalue weighted by molar-refractivity contribution is -0.0320. The highest BCUT2D eigenvalue weighted by Gasteiger charge is 2.24. The Morgan fingerprint density at radius 2 is 2.29 bits per heavy atom. The Kier molecular flexibility index (Phi) is 4.10. The molecule has 0 radical (unpaired) electrons. The van der Waals surface area contributed by atoms with Crippen LogP contribution in [0, 0.1) is 5.82 Å². The van der Waals surface area contributed by atoms with Gasteiger partial charge in [-0.25, -0.2) is 4.39 Å². The Morgan fingerprint density at radius 1 is 1.53 bits per heavy atom. The highest BCUT2D eigenvalue weighted by Crippen LogP contribution is 2.13. The van der Waals surface area contributed by atoms with Crippen LogP contribution in [-0.4, -0.2) is 43.8 Å². The SMILES string of the molecule is CN1CCOC(C(N)Cc2ccccc2F)C1. The first-order valence-corrected chi connectivity index (χ1v) is 5.96. The van der Waals surface area contributed by atoms with Gasteiger partial charge in [0, 0.05) is 19.1 Å². The summed E-state index contributed by atoms with van der Waals surface area (Å²) in [7, 11) is 2.05. The van der Waals surface area contributed by atoms with Gasteiger partial charge >= 0.3 is 0 Å². The predicted molar refractivity (Wildman–Crippen MR) is 65.3 cm³/mol. The van der Waals surface area contributed by atoms with Crippen LogP contribution in [0.15, 0.2) is 24.3 Å². The Morgan fingerprint density at radius 3 is 3.00 bits per heavy atom. The van der Waals surface area contributed by atoms with Crippen molar-refractivity contribution in [1.29, 1.82) is 0 Å². The number of morpholine rings is 1. The molecule has 0 bridgehead atoms. The predicted octanol–water partition coefficient (Wildman–Crippen LogP) is 1.03. The normalized spacial score (nSPS) is 23.6. The molecule has 0 saturated carbocycles. The summed E-state index contributed by atoms with van der Waals surface area (Å²) in [4.78, 5) is 2.19. The van der Waals surface area contributed by atoms with Gasteiger partial charge < -0.3 is 15.4 Å². The van der Waals surface area contributed by atoms with Crippen molar-refractivity contribution in [2.75, 3.05) is 26.7 Å². The van der Waals surface area contributed by atoms with Crippen molar-refractivity contribution >= 4 is 0 Å². The third-order valence-electron chi connectivity index (χ3n) is 3.19. The van der Waals surface area contributed by atoms with Gasteiger partial charge in [-0.2, -0.15) is 0 Å². The topological polar surface area (TPSA) is 38.5 Å². The van der Waals surface area contributed by atoms with Crippen molar-refractivity contribution in [1.82, 2.24) is 4.90 Å². The molecule has 2 unspecified atom stereocenters. The molecule has 1 aromatic rings. The van der Waals surface area contributed by atoms with Crippen LogP contribution in [0.3, 0.4) is 0 Å². The molecule has 0 spiro atoms. The molecule has 1 fully saturated rings. The molecule has 1 saturated heterocycles. The minimum Gasteiger partial charge on any atom is -0.374 e. The summed E-state index contributed by atoms with van der Waals surface area (Å²) in [5.41, 5.74) is 6.76. The second kappa shape index (κ2) is 5.58. The third-order valence-corrected chi connectivity index (χ3v) is 3.19. The largest absolute Gasteiger partial charge is 0.374 e. The van der Waals surface area contributed by atoms with Crippen LogP contribution in [0.1, 0.15) is 5.56 Å². The van der Waals surface area contributed by atoms with Gasteiger partial charge in [0.05, 0.1) is 12.7 Å². The van der Waals surface area contributed by atoms with Gasteiger partial charge in [0.15, 0.2) is 0 Å². The van der Waals surface area contributed by atoms with Crippen LogP contribution in [0.5, 0.6) is 0 Å². The molecule has 0 aliphatic carbocycles. The second-order valence-electron chi connectivity index (χ2n) is 4.63. The fraction of sp³-hybridized carbons (Fsp3) is 0.538. The van der Waals surface area contributed by atoms with Gasteiger partial charge in [-0.3, -0.25) is 0 Å². The molecule has 0 aromatic heterocycles. The molecule has 2 rings (SSSR count). The highest BCUT2D eigenvalue weighted by molar-refractivity contribution is 5.18. The lowest BCUT2D eigenvalue weighted by Gasteiger charge is -2.33. The van der Waals surface area contributed by atoms with Gasteiger partial charge in [0.1, 0.15) is 5.82 Å². The van der Waals surface area contributed by atoms with E-state index < -0.39 is 0 Å². The number of nitrogens with two attached hydrogens (primary N) is 1. The van der Waals surface area contributed by atoms with Crippen LogP contribution in [0.4, 0.5) is 4.39 Å². The summed E-state index contributed by atoms with van der Waals surface area (Å²) in [5, 5.41) is 0. The Labute approximate surface area is 101 Å². The number of halogens is 1. The molecule has 1 aliphatic rings. The number of ether oxygens (including phenoxy) is 1. The van der Waals surface area contributed by atoms with E-state index in [1.54, 1.807) is 12.1 Å². The van der Waals surface area contributed by atoms with E-state index in [1.165, 1.54) is 6.07 Å². The zero-order valence-electron chi connectivity index (χ0n) is 10.1. The van der Waals surface area contributed by atoms with E-state index in [9.17, 15) is 4.39 Å². The third kappa shape index (κ3) is 3.25. The quantitative estimate of drug-likeness (QED) is 0.854. The van der Waals surface area contributed by atoms with E-state index in [0.717, 1.165) is 13.1 Å². The Hall–Kier alpha value is -0.970. The van der Waals surface area contributed by atoms with Crippen LogP contribution >= 0.6 is 0 Å². The standard InChI is InChI=1S/C13H19FN2O/c1-16-6-7-17-13(9-16)12(15)8-10-4-2-3-5-11(10)14/h2-5,12-13H,6-9,15H2,1H3. The number of likely N-dealkylation sites (N-methyl/N-ethyl adjacent to an activating group) is 1. The van der Waals surface area contributed by atoms with Crippen LogP contribution in [-0.2, 0) is 11.2 Å². The molecular formula is C13H19FN2O. The fourth-order valence-electron chi connectivity index (χ4n) is 2.12. The molecule has 94 valence electrons. The summed E-state index contributed by atoms with van der Waals surface area (Å²) in [6.45, 7) is 2.45. The van der Waals surface area contributed by atoms with Crippen molar-refractivity contribution in [2.24, 2.45) is 5.73 Å². The van der Waals surface area contributed by atoms with Gasteiger partial charge in [-0.15, -0.1) is 0 Å². The van der Waals surface area contributed by atoms with E-state index in [2.05, 4.69) is 4.90 Å². The maximum absolute atomic E-state index is 13.5. The number of benzene rings is 1. The number of hydrogen-bond donors (Lipinski definition) is 1. The molecule has 1 heterocycles. The molecule has 3 nitrogen and oxygen atoms in total. The van der Waals surface area contributed by atoms with Crippen LogP contribution in [0.25, 0.3) is 0 Å². The smallest absolute Gasteiger partial charge is 0.126 e. The van der Waals surface area contributed by atoms with Gasteiger partial charge in [0.2, 0.25) is 0 Å².